The summed E-state index contributed by atoms with van der Waals surface area (Å²) < 4.78 is 18.4. The molecular formula is C20H24FNO3. The van der Waals surface area contributed by atoms with E-state index in [9.17, 15) is 14.3 Å². The highest BCUT2D eigenvalue weighted by molar-refractivity contribution is 5.67. The molecule has 0 heterocycles. The van der Waals surface area contributed by atoms with Gasteiger partial charge in [-0.3, -0.25) is 0 Å². The Balaban J connectivity index is 1.99. The summed E-state index contributed by atoms with van der Waals surface area (Å²) in [5.74, 6) is -0.137. The van der Waals surface area contributed by atoms with Crippen LogP contribution in [0.2, 0.25) is 0 Å². The van der Waals surface area contributed by atoms with Crippen LogP contribution in [0.25, 0.3) is 0 Å². The monoisotopic (exact) mass is 345 g/mol. The van der Waals surface area contributed by atoms with Crippen LogP contribution in [0.15, 0.2) is 54.6 Å². The van der Waals surface area contributed by atoms with Gasteiger partial charge in [-0.1, -0.05) is 56.3 Å². The van der Waals surface area contributed by atoms with E-state index in [1.807, 2.05) is 44.2 Å². The second-order valence-corrected chi connectivity index (χ2v) is 6.41. The van der Waals surface area contributed by atoms with Crippen molar-refractivity contribution in [3.05, 3.63) is 71.5 Å². The van der Waals surface area contributed by atoms with Gasteiger partial charge < -0.3 is 14.7 Å². The first-order valence-electron chi connectivity index (χ1n) is 8.35. The van der Waals surface area contributed by atoms with E-state index < -0.39 is 12.2 Å². The highest BCUT2D eigenvalue weighted by Crippen LogP contribution is 2.17. The summed E-state index contributed by atoms with van der Waals surface area (Å²) in [7, 11) is 0. The molecule has 0 saturated heterocycles. The zero-order chi connectivity index (χ0) is 18.2. The molecule has 0 aliphatic carbocycles. The highest BCUT2D eigenvalue weighted by Gasteiger charge is 2.21. The number of carbonyl (C=O) groups excluding carboxylic acids is 1. The van der Waals surface area contributed by atoms with Crippen LogP contribution >= 0.6 is 0 Å². The summed E-state index contributed by atoms with van der Waals surface area (Å²) in [6.07, 6.45) is -1.37. The lowest BCUT2D eigenvalue weighted by Crippen LogP contribution is -2.37. The molecule has 1 atom stereocenters. The summed E-state index contributed by atoms with van der Waals surface area (Å²) in [6.45, 7) is 4.72. The van der Waals surface area contributed by atoms with Crippen LogP contribution in [0.3, 0.4) is 0 Å². The van der Waals surface area contributed by atoms with Crippen molar-refractivity contribution in [3.63, 3.8) is 0 Å². The zero-order valence-corrected chi connectivity index (χ0v) is 14.6. The topological polar surface area (TPSA) is 49.8 Å². The van der Waals surface area contributed by atoms with E-state index in [0.717, 1.165) is 5.56 Å². The first-order chi connectivity index (χ1) is 12.0. The normalized spacial score (nSPS) is 12.0. The van der Waals surface area contributed by atoms with Crippen molar-refractivity contribution in [1.82, 2.24) is 4.90 Å². The minimum Gasteiger partial charge on any atom is -0.445 e. The van der Waals surface area contributed by atoms with E-state index in [4.69, 9.17) is 4.74 Å². The minimum absolute atomic E-state index is 0.0947. The molecular weight excluding hydrogens is 321 g/mol. The molecule has 2 aromatic carbocycles. The maximum atomic E-state index is 13.0. The molecule has 0 bridgehead atoms. The molecule has 0 saturated carbocycles. The van der Waals surface area contributed by atoms with Crippen molar-refractivity contribution >= 4 is 6.09 Å². The maximum absolute atomic E-state index is 13.0. The van der Waals surface area contributed by atoms with Crippen LogP contribution in [0.5, 0.6) is 0 Å². The fourth-order valence-electron chi connectivity index (χ4n) is 2.47. The van der Waals surface area contributed by atoms with Gasteiger partial charge in [-0.15, -0.1) is 0 Å². The van der Waals surface area contributed by atoms with Crippen molar-refractivity contribution in [2.45, 2.75) is 26.6 Å². The Morgan fingerprint density at radius 3 is 2.32 bits per heavy atom. The van der Waals surface area contributed by atoms with Gasteiger partial charge in [0, 0.05) is 6.54 Å². The van der Waals surface area contributed by atoms with Crippen LogP contribution < -0.4 is 0 Å². The van der Waals surface area contributed by atoms with Crippen molar-refractivity contribution in [1.29, 1.82) is 0 Å². The number of ether oxygens (including phenoxy) is 1. The number of aliphatic hydroxyl groups excluding tert-OH is 1. The Kier molecular flexibility index (Phi) is 6.95. The number of hydrogen-bond donors (Lipinski definition) is 1. The van der Waals surface area contributed by atoms with E-state index in [1.165, 1.54) is 29.2 Å². The summed E-state index contributed by atoms with van der Waals surface area (Å²) in [4.78, 5) is 13.9. The number of carbonyl (C=O) groups is 1. The Labute approximate surface area is 147 Å². The number of benzene rings is 2. The average Bonchev–Trinajstić information content (AvgIpc) is 2.60. The van der Waals surface area contributed by atoms with Crippen molar-refractivity contribution in [2.75, 3.05) is 13.1 Å². The number of rotatable bonds is 7. The number of hydrogen-bond acceptors (Lipinski definition) is 3. The van der Waals surface area contributed by atoms with Gasteiger partial charge in [-0.25, -0.2) is 9.18 Å². The van der Waals surface area contributed by atoms with Crippen LogP contribution in [0.4, 0.5) is 9.18 Å². The fourth-order valence-corrected chi connectivity index (χ4v) is 2.47. The summed E-state index contributed by atoms with van der Waals surface area (Å²) in [5.41, 5.74) is 1.46. The molecule has 0 aliphatic rings. The first kappa shape index (κ1) is 18.9. The molecule has 0 radical (unpaired) electrons. The van der Waals surface area contributed by atoms with Crippen LogP contribution in [-0.2, 0) is 11.3 Å². The molecule has 25 heavy (non-hydrogen) atoms. The molecule has 2 aromatic rings. The van der Waals surface area contributed by atoms with E-state index >= 15 is 0 Å². The molecule has 2 rings (SSSR count). The largest absolute Gasteiger partial charge is 0.445 e. The smallest absolute Gasteiger partial charge is 0.410 e. The number of aliphatic hydroxyl groups is 1. The predicted octanol–water partition coefficient (Wildman–Crippen LogP) is 4.15. The van der Waals surface area contributed by atoms with Crippen LogP contribution in [0, 0.1) is 11.7 Å². The SMILES string of the molecule is CC(C)CN(CC(O)c1ccc(F)cc1)C(=O)OCc1ccccc1. The lowest BCUT2D eigenvalue weighted by molar-refractivity contribution is 0.0641. The van der Waals surface area contributed by atoms with Crippen molar-refractivity contribution < 1.29 is 19.0 Å². The van der Waals surface area contributed by atoms with Gasteiger partial charge >= 0.3 is 6.09 Å². The van der Waals surface area contributed by atoms with Gasteiger partial charge in [0.15, 0.2) is 0 Å². The molecule has 0 aliphatic heterocycles. The van der Waals surface area contributed by atoms with E-state index in [2.05, 4.69) is 0 Å². The second-order valence-electron chi connectivity index (χ2n) is 6.41. The average molecular weight is 345 g/mol. The molecule has 0 aromatic heterocycles. The second kappa shape index (κ2) is 9.18. The Hall–Kier alpha value is -2.40. The van der Waals surface area contributed by atoms with E-state index in [1.54, 1.807) is 0 Å². The summed E-state index contributed by atoms with van der Waals surface area (Å²) in [6, 6.07) is 15.0. The number of nitrogens with zero attached hydrogens (tertiary/aromatic N) is 1. The zero-order valence-electron chi connectivity index (χ0n) is 14.6. The maximum Gasteiger partial charge on any atom is 0.410 e. The predicted molar refractivity (Wildman–Crippen MR) is 94.4 cm³/mol. The minimum atomic E-state index is -0.899. The Morgan fingerprint density at radius 2 is 1.72 bits per heavy atom. The third-order valence-corrected chi connectivity index (χ3v) is 3.70. The van der Waals surface area contributed by atoms with Gasteiger partial charge in [0.05, 0.1) is 12.6 Å². The quantitative estimate of drug-likeness (QED) is 0.820. The summed E-state index contributed by atoms with van der Waals surface area (Å²) >= 11 is 0. The van der Waals surface area contributed by atoms with Gasteiger partial charge in [-0.2, -0.15) is 0 Å². The van der Waals surface area contributed by atoms with Gasteiger partial charge in [0.1, 0.15) is 12.4 Å². The standard InChI is InChI=1S/C20H24FNO3/c1-15(2)12-22(13-19(23)17-8-10-18(21)11-9-17)20(24)25-14-16-6-4-3-5-7-16/h3-11,15,19,23H,12-14H2,1-2H3. The lowest BCUT2D eigenvalue weighted by Gasteiger charge is -2.26. The molecule has 1 unspecified atom stereocenters. The third kappa shape index (κ3) is 6.19. The van der Waals surface area contributed by atoms with Gasteiger partial charge in [0.25, 0.3) is 0 Å². The van der Waals surface area contributed by atoms with Crippen molar-refractivity contribution in [2.24, 2.45) is 5.92 Å². The molecule has 4 nitrogen and oxygen atoms in total. The number of halogens is 1. The highest BCUT2D eigenvalue weighted by atomic mass is 19.1. The molecule has 0 spiro atoms. The van der Waals surface area contributed by atoms with Gasteiger partial charge in [-0.05, 0) is 29.2 Å². The molecule has 1 amide bonds. The molecule has 0 fully saturated rings. The molecule has 134 valence electrons. The van der Waals surface area contributed by atoms with Crippen LogP contribution in [0.1, 0.15) is 31.1 Å². The first-order valence-corrected chi connectivity index (χ1v) is 8.35. The molecule has 5 heteroatoms. The Morgan fingerprint density at radius 1 is 1.08 bits per heavy atom. The van der Waals surface area contributed by atoms with E-state index in [0.29, 0.717) is 12.1 Å². The Bertz CT molecular complexity index is 658. The van der Waals surface area contributed by atoms with Crippen molar-refractivity contribution in [3.8, 4) is 0 Å². The third-order valence-electron chi connectivity index (χ3n) is 3.70. The molecule has 1 N–H and O–H groups in total. The number of amides is 1. The lowest BCUT2D eigenvalue weighted by atomic mass is 10.1. The van der Waals surface area contributed by atoms with Gasteiger partial charge in [0.2, 0.25) is 0 Å². The fraction of sp³-hybridized carbons (Fsp3) is 0.350. The summed E-state index contributed by atoms with van der Waals surface area (Å²) in [5, 5.41) is 10.4. The van der Waals surface area contributed by atoms with Crippen LogP contribution in [-0.4, -0.2) is 29.2 Å². The van der Waals surface area contributed by atoms with E-state index in [-0.39, 0.29) is 24.9 Å².